The lowest BCUT2D eigenvalue weighted by Crippen LogP contribution is -2.43. The molecule has 0 unspecified atom stereocenters. The van der Waals surface area contributed by atoms with Gasteiger partial charge >= 0.3 is 0 Å². The van der Waals surface area contributed by atoms with E-state index in [0.29, 0.717) is 12.4 Å². The Kier molecular flexibility index (Phi) is 5.58. The van der Waals surface area contributed by atoms with E-state index in [4.69, 9.17) is 9.47 Å². The Labute approximate surface area is 106 Å². The van der Waals surface area contributed by atoms with Crippen molar-refractivity contribution < 1.29 is 18.7 Å². The smallest absolute Gasteiger partial charge is 0.261 e. The summed E-state index contributed by atoms with van der Waals surface area (Å²) in [6, 6.07) is 5.46. The van der Waals surface area contributed by atoms with Crippen molar-refractivity contribution in [2.45, 2.75) is 26.0 Å². The predicted octanol–water partition coefficient (Wildman–Crippen LogP) is 1.74. The largest absolute Gasteiger partial charge is 0.481 e. The van der Waals surface area contributed by atoms with Gasteiger partial charge in [0, 0.05) is 13.2 Å². The summed E-state index contributed by atoms with van der Waals surface area (Å²) in [5.41, 5.74) is 0. The number of benzene rings is 1. The predicted molar refractivity (Wildman–Crippen MR) is 66.0 cm³/mol. The lowest BCUT2D eigenvalue weighted by Gasteiger charge is -2.18. The van der Waals surface area contributed by atoms with Gasteiger partial charge in [-0.1, -0.05) is 0 Å². The van der Waals surface area contributed by atoms with Gasteiger partial charge in [-0.05, 0) is 38.1 Å². The molecular weight excluding hydrogens is 237 g/mol. The first-order chi connectivity index (χ1) is 8.52. The number of halogens is 1. The van der Waals surface area contributed by atoms with Gasteiger partial charge in [-0.3, -0.25) is 4.79 Å². The van der Waals surface area contributed by atoms with Gasteiger partial charge in [0.05, 0.1) is 6.61 Å². The molecule has 5 heteroatoms. The highest BCUT2D eigenvalue weighted by atomic mass is 19.1. The molecule has 4 nitrogen and oxygen atoms in total. The van der Waals surface area contributed by atoms with Gasteiger partial charge in [0.25, 0.3) is 5.91 Å². The van der Waals surface area contributed by atoms with Crippen molar-refractivity contribution in [1.29, 1.82) is 0 Å². The van der Waals surface area contributed by atoms with Crippen LogP contribution in [-0.2, 0) is 9.53 Å². The minimum atomic E-state index is -0.644. The molecule has 1 aromatic rings. The molecule has 1 rings (SSSR count). The van der Waals surface area contributed by atoms with Crippen LogP contribution < -0.4 is 10.1 Å². The summed E-state index contributed by atoms with van der Waals surface area (Å²) < 4.78 is 23.0. The quantitative estimate of drug-likeness (QED) is 0.842. The number of hydrogen-bond donors (Lipinski definition) is 1. The van der Waals surface area contributed by atoms with Crippen LogP contribution in [0.25, 0.3) is 0 Å². The Morgan fingerprint density at radius 2 is 1.94 bits per heavy atom. The zero-order chi connectivity index (χ0) is 13.5. The third-order valence-electron chi connectivity index (χ3n) is 2.30. The average molecular weight is 255 g/mol. The van der Waals surface area contributed by atoms with E-state index in [1.807, 2.05) is 6.92 Å². The molecule has 0 fully saturated rings. The third-order valence-corrected chi connectivity index (χ3v) is 2.30. The van der Waals surface area contributed by atoms with Crippen molar-refractivity contribution in [3.63, 3.8) is 0 Å². The molecule has 1 amide bonds. The van der Waals surface area contributed by atoms with Crippen LogP contribution in [0.4, 0.5) is 4.39 Å². The second kappa shape index (κ2) is 6.96. The van der Waals surface area contributed by atoms with Crippen LogP contribution in [-0.4, -0.2) is 31.8 Å². The maximum Gasteiger partial charge on any atom is 0.261 e. The topological polar surface area (TPSA) is 47.6 Å². The zero-order valence-electron chi connectivity index (χ0n) is 10.8. The molecule has 0 aliphatic heterocycles. The third kappa shape index (κ3) is 4.71. The van der Waals surface area contributed by atoms with Gasteiger partial charge in [0.2, 0.25) is 0 Å². The van der Waals surface area contributed by atoms with Crippen molar-refractivity contribution in [3.05, 3.63) is 30.1 Å². The Balaban J connectivity index is 2.46. The number of ether oxygens (including phenoxy) is 2. The Morgan fingerprint density at radius 1 is 1.33 bits per heavy atom. The van der Waals surface area contributed by atoms with Crippen LogP contribution >= 0.6 is 0 Å². The Bertz CT molecular complexity index is 380. The highest BCUT2D eigenvalue weighted by Gasteiger charge is 2.16. The molecule has 100 valence electrons. The van der Waals surface area contributed by atoms with Gasteiger partial charge < -0.3 is 14.8 Å². The lowest BCUT2D eigenvalue weighted by atomic mass is 10.3. The Hall–Kier alpha value is -1.62. The van der Waals surface area contributed by atoms with E-state index in [9.17, 15) is 9.18 Å². The van der Waals surface area contributed by atoms with E-state index in [2.05, 4.69) is 5.32 Å². The molecule has 0 saturated heterocycles. The van der Waals surface area contributed by atoms with Crippen molar-refractivity contribution in [2.24, 2.45) is 0 Å². The van der Waals surface area contributed by atoms with Crippen LogP contribution in [0.2, 0.25) is 0 Å². The molecule has 0 heterocycles. The van der Waals surface area contributed by atoms with Gasteiger partial charge in [-0.2, -0.15) is 0 Å². The van der Waals surface area contributed by atoms with Crippen molar-refractivity contribution in [3.8, 4) is 5.75 Å². The summed E-state index contributed by atoms with van der Waals surface area (Å²) >= 11 is 0. The van der Waals surface area contributed by atoms with E-state index in [0.717, 1.165) is 0 Å². The van der Waals surface area contributed by atoms with Crippen LogP contribution in [0.1, 0.15) is 13.8 Å². The van der Waals surface area contributed by atoms with Gasteiger partial charge in [-0.25, -0.2) is 4.39 Å². The first-order valence-corrected chi connectivity index (χ1v) is 5.74. The van der Waals surface area contributed by atoms with Crippen LogP contribution in [0, 0.1) is 5.82 Å². The van der Waals surface area contributed by atoms with Crippen molar-refractivity contribution in [2.75, 3.05) is 13.7 Å². The first kappa shape index (κ1) is 14.4. The maximum atomic E-state index is 12.7. The van der Waals surface area contributed by atoms with Gasteiger partial charge in [-0.15, -0.1) is 0 Å². The summed E-state index contributed by atoms with van der Waals surface area (Å²) in [6.07, 6.45) is -0.644. The second-order valence-electron chi connectivity index (χ2n) is 4.08. The van der Waals surface area contributed by atoms with E-state index in [1.165, 1.54) is 24.3 Å². The second-order valence-corrected chi connectivity index (χ2v) is 4.08. The monoisotopic (exact) mass is 255 g/mol. The molecule has 0 aliphatic carbocycles. The fraction of sp³-hybridized carbons (Fsp3) is 0.462. The standard InChI is InChI=1S/C13H18FNO3/c1-9(8-17-3)15-13(16)10(2)18-12-6-4-11(14)5-7-12/h4-7,9-10H,8H2,1-3H3,(H,15,16)/t9-,10-/m0/s1. The van der Waals surface area contributed by atoms with E-state index < -0.39 is 6.10 Å². The molecule has 18 heavy (non-hydrogen) atoms. The number of carbonyl (C=O) groups excluding carboxylic acids is 1. The van der Waals surface area contributed by atoms with Gasteiger partial charge in [0.1, 0.15) is 11.6 Å². The number of rotatable bonds is 6. The molecule has 0 aliphatic rings. The van der Waals surface area contributed by atoms with Crippen LogP contribution in [0.3, 0.4) is 0 Å². The number of amides is 1. The molecule has 2 atom stereocenters. The average Bonchev–Trinajstić information content (AvgIpc) is 2.32. The number of nitrogens with one attached hydrogen (secondary N) is 1. The summed E-state index contributed by atoms with van der Waals surface area (Å²) in [4.78, 5) is 11.7. The number of methoxy groups -OCH3 is 1. The van der Waals surface area contributed by atoms with E-state index in [1.54, 1.807) is 14.0 Å². The molecule has 1 N–H and O–H groups in total. The summed E-state index contributed by atoms with van der Waals surface area (Å²) in [7, 11) is 1.57. The Morgan fingerprint density at radius 3 is 2.50 bits per heavy atom. The maximum absolute atomic E-state index is 12.7. The minimum Gasteiger partial charge on any atom is -0.481 e. The molecular formula is C13H18FNO3. The molecule has 0 bridgehead atoms. The summed E-state index contributed by atoms with van der Waals surface area (Å²) in [5, 5.41) is 2.75. The highest BCUT2D eigenvalue weighted by Crippen LogP contribution is 2.13. The van der Waals surface area contributed by atoms with Crippen molar-refractivity contribution >= 4 is 5.91 Å². The van der Waals surface area contributed by atoms with Crippen LogP contribution in [0.5, 0.6) is 5.75 Å². The van der Waals surface area contributed by atoms with Crippen molar-refractivity contribution in [1.82, 2.24) is 5.32 Å². The van der Waals surface area contributed by atoms with Gasteiger partial charge in [0.15, 0.2) is 6.10 Å². The molecule has 0 spiro atoms. The minimum absolute atomic E-state index is 0.0817. The normalized spacial score (nSPS) is 13.8. The van der Waals surface area contributed by atoms with E-state index >= 15 is 0 Å². The molecule has 1 aromatic carbocycles. The zero-order valence-corrected chi connectivity index (χ0v) is 10.8. The highest BCUT2D eigenvalue weighted by molar-refractivity contribution is 5.80. The lowest BCUT2D eigenvalue weighted by molar-refractivity contribution is -0.128. The first-order valence-electron chi connectivity index (χ1n) is 5.74. The molecule has 0 aromatic heterocycles. The fourth-order valence-electron chi connectivity index (χ4n) is 1.42. The molecule has 0 saturated carbocycles. The number of hydrogen-bond acceptors (Lipinski definition) is 3. The van der Waals surface area contributed by atoms with Crippen LogP contribution in [0.15, 0.2) is 24.3 Å². The molecule has 0 radical (unpaired) electrons. The van der Waals surface area contributed by atoms with E-state index in [-0.39, 0.29) is 17.8 Å². The summed E-state index contributed by atoms with van der Waals surface area (Å²) in [5.74, 6) is -0.115. The summed E-state index contributed by atoms with van der Waals surface area (Å²) in [6.45, 7) is 3.92. The fourth-order valence-corrected chi connectivity index (χ4v) is 1.42. The number of carbonyl (C=O) groups is 1. The SMILES string of the molecule is COC[C@H](C)NC(=O)[C@H](C)Oc1ccc(F)cc1.